The maximum Gasteiger partial charge on any atom is 0.258 e. The third-order valence-corrected chi connectivity index (χ3v) is 6.92. The first-order valence-electron chi connectivity index (χ1n) is 10.3. The Hall–Kier alpha value is -1.78. The van der Waals surface area contributed by atoms with Gasteiger partial charge in [0.25, 0.3) is 5.91 Å². The molecule has 5 heteroatoms. The first-order chi connectivity index (χ1) is 13.9. The van der Waals surface area contributed by atoms with Crippen LogP contribution >= 0.6 is 23.4 Å². The van der Waals surface area contributed by atoms with E-state index in [1.807, 2.05) is 18.2 Å². The Kier molecular flexibility index (Phi) is 7.79. The Labute approximate surface area is 183 Å². The molecule has 1 aromatic carbocycles. The molecule has 3 nitrogen and oxygen atoms in total. The molecule has 2 aromatic rings. The van der Waals surface area contributed by atoms with Crippen molar-refractivity contribution in [2.24, 2.45) is 17.8 Å². The van der Waals surface area contributed by atoms with Crippen molar-refractivity contribution in [3.8, 4) is 0 Å². The highest BCUT2D eigenvalue weighted by Gasteiger charge is 2.24. The number of aromatic nitrogens is 1. The first-order valence-corrected chi connectivity index (χ1v) is 11.6. The molecular formula is C24H29ClN2OS. The number of rotatable bonds is 8. The van der Waals surface area contributed by atoms with E-state index in [2.05, 4.69) is 42.9 Å². The molecule has 1 aromatic heterocycles. The number of amides is 1. The Balaban J connectivity index is 1.62. The van der Waals surface area contributed by atoms with E-state index in [-0.39, 0.29) is 11.8 Å². The molecule has 0 spiro atoms. The Morgan fingerprint density at radius 2 is 2.03 bits per heavy atom. The topological polar surface area (TPSA) is 42.0 Å². The van der Waals surface area contributed by atoms with Crippen molar-refractivity contribution in [2.45, 2.75) is 50.3 Å². The number of pyridine rings is 1. The fourth-order valence-corrected chi connectivity index (χ4v) is 5.12. The van der Waals surface area contributed by atoms with E-state index in [9.17, 15) is 4.79 Å². The van der Waals surface area contributed by atoms with Crippen LogP contribution in [0, 0.1) is 17.8 Å². The Morgan fingerprint density at radius 3 is 2.72 bits per heavy atom. The van der Waals surface area contributed by atoms with Gasteiger partial charge in [-0.3, -0.25) is 4.79 Å². The summed E-state index contributed by atoms with van der Waals surface area (Å²) in [6, 6.07) is 13.5. The van der Waals surface area contributed by atoms with Gasteiger partial charge in [0.15, 0.2) is 0 Å². The van der Waals surface area contributed by atoms with Gasteiger partial charge in [-0.2, -0.15) is 0 Å². The number of allylic oxidation sites excluding steroid dienone is 1. The Morgan fingerprint density at radius 1 is 1.28 bits per heavy atom. The second-order valence-electron chi connectivity index (χ2n) is 8.16. The second-order valence-corrected chi connectivity index (χ2v) is 9.51. The summed E-state index contributed by atoms with van der Waals surface area (Å²) in [5.74, 6) is 2.38. The van der Waals surface area contributed by atoms with Gasteiger partial charge in [-0.25, -0.2) is 4.98 Å². The van der Waals surface area contributed by atoms with Crippen molar-refractivity contribution in [2.75, 3.05) is 0 Å². The lowest BCUT2D eigenvalue weighted by atomic mass is 9.92. The molecule has 29 heavy (non-hydrogen) atoms. The lowest BCUT2D eigenvalue weighted by Crippen LogP contribution is -2.27. The maximum absolute atomic E-state index is 12.9. The summed E-state index contributed by atoms with van der Waals surface area (Å²) in [6.07, 6.45) is 4.97. The zero-order chi connectivity index (χ0) is 20.8. The van der Waals surface area contributed by atoms with Gasteiger partial charge < -0.3 is 5.32 Å². The number of carbonyl (C=O) groups is 1. The number of nitrogens with one attached hydrogen (secondary N) is 1. The molecule has 1 fully saturated rings. The van der Waals surface area contributed by atoms with Crippen LogP contribution in [0.4, 0.5) is 0 Å². The lowest BCUT2D eigenvalue weighted by Gasteiger charge is -2.20. The molecule has 3 unspecified atom stereocenters. The van der Waals surface area contributed by atoms with Crippen LogP contribution in [-0.2, 0) is 5.75 Å². The van der Waals surface area contributed by atoms with E-state index >= 15 is 0 Å². The number of carbonyl (C=O) groups excluding carboxylic acids is 1. The summed E-state index contributed by atoms with van der Waals surface area (Å²) < 4.78 is 0. The second kappa shape index (κ2) is 10.3. The smallest absolute Gasteiger partial charge is 0.258 e. The monoisotopic (exact) mass is 428 g/mol. The van der Waals surface area contributed by atoms with Crippen LogP contribution in [-0.4, -0.2) is 10.9 Å². The van der Waals surface area contributed by atoms with E-state index in [1.165, 1.54) is 36.6 Å². The fourth-order valence-electron chi connectivity index (χ4n) is 3.94. The number of halogens is 1. The van der Waals surface area contributed by atoms with Gasteiger partial charge in [-0.15, -0.1) is 11.8 Å². The van der Waals surface area contributed by atoms with Crippen molar-refractivity contribution in [3.63, 3.8) is 0 Å². The van der Waals surface area contributed by atoms with Gasteiger partial charge in [0, 0.05) is 11.4 Å². The van der Waals surface area contributed by atoms with Crippen LogP contribution in [0.5, 0.6) is 0 Å². The SMILES string of the molecule is C=C(NC(=O)c1ccc(Cl)nc1SCc1ccccc1)C(C)CC1CCC(C)C1. The van der Waals surface area contributed by atoms with Crippen LogP contribution < -0.4 is 5.32 Å². The summed E-state index contributed by atoms with van der Waals surface area (Å²) in [5, 5.41) is 4.04. The predicted molar refractivity (Wildman–Crippen MR) is 122 cm³/mol. The Bertz CT molecular complexity index is 855. The van der Waals surface area contributed by atoms with Crippen LogP contribution in [0.1, 0.15) is 55.5 Å². The molecule has 0 bridgehead atoms. The summed E-state index contributed by atoms with van der Waals surface area (Å²) in [7, 11) is 0. The van der Waals surface area contributed by atoms with E-state index in [4.69, 9.17) is 11.6 Å². The molecule has 1 saturated carbocycles. The minimum atomic E-state index is -0.165. The van der Waals surface area contributed by atoms with Crippen LogP contribution in [0.25, 0.3) is 0 Å². The largest absolute Gasteiger partial charge is 0.326 e. The van der Waals surface area contributed by atoms with Gasteiger partial charge in [0.05, 0.1) is 5.56 Å². The van der Waals surface area contributed by atoms with Gasteiger partial charge in [0.1, 0.15) is 10.2 Å². The quantitative estimate of drug-likeness (QED) is 0.374. The molecule has 1 amide bonds. The standard InChI is InChI=1S/C24H29ClN2OS/c1-16-9-10-20(13-16)14-17(2)18(3)26-23(28)21-11-12-22(25)27-24(21)29-15-19-7-5-4-6-8-19/h4-8,11-12,16-17,20H,3,9-10,13-15H2,1-2H3,(H,26,28). The average molecular weight is 429 g/mol. The van der Waals surface area contributed by atoms with Crippen molar-refractivity contribution in [1.82, 2.24) is 10.3 Å². The molecule has 3 rings (SSSR count). The highest BCUT2D eigenvalue weighted by molar-refractivity contribution is 7.98. The first kappa shape index (κ1) is 21.9. The molecule has 3 atom stereocenters. The van der Waals surface area contributed by atoms with Gasteiger partial charge in [-0.05, 0) is 48.3 Å². The maximum atomic E-state index is 12.9. The van der Waals surface area contributed by atoms with Gasteiger partial charge in [0.2, 0.25) is 0 Å². The zero-order valence-electron chi connectivity index (χ0n) is 17.2. The molecule has 154 valence electrons. The molecule has 0 radical (unpaired) electrons. The van der Waals surface area contributed by atoms with E-state index in [0.717, 1.165) is 29.7 Å². The van der Waals surface area contributed by atoms with Crippen LogP contribution in [0.15, 0.2) is 59.8 Å². The third kappa shape index (κ3) is 6.35. The molecule has 1 aliphatic rings. The molecule has 1 aliphatic carbocycles. The molecule has 0 saturated heterocycles. The minimum absolute atomic E-state index is 0.165. The van der Waals surface area contributed by atoms with E-state index in [1.54, 1.807) is 12.1 Å². The summed E-state index contributed by atoms with van der Waals surface area (Å²) in [6.45, 7) is 8.61. The molecule has 0 aliphatic heterocycles. The zero-order valence-corrected chi connectivity index (χ0v) is 18.7. The number of hydrogen-bond donors (Lipinski definition) is 1. The highest BCUT2D eigenvalue weighted by atomic mass is 35.5. The highest BCUT2D eigenvalue weighted by Crippen LogP contribution is 2.35. The summed E-state index contributed by atoms with van der Waals surface area (Å²) in [4.78, 5) is 17.3. The van der Waals surface area contributed by atoms with Crippen molar-refractivity contribution < 1.29 is 4.79 Å². The number of nitrogens with zero attached hydrogens (tertiary/aromatic N) is 1. The van der Waals surface area contributed by atoms with Crippen molar-refractivity contribution in [3.05, 3.63) is 71.0 Å². The van der Waals surface area contributed by atoms with Crippen LogP contribution in [0.2, 0.25) is 5.15 Å². The van der Waals surface area contributed by atoms with Gasteiger partial charge >= 0.3 is 0 Å². The molecular weight excluding hydrogens is 400 g/mol. The molecule has 1 N–H and O–H groups in total. The van der Waals surface area contributed by atoms with E-state index < -0.39 is 0 Å². The summed E-state index contributed by atoms with van der Waals surface area (Å²) >= 11 is 7.61. The minimum Gasteiger partial charge on any atom is -0.326 e. The molecule has 1 heterocycles. The number of thioether (sulfide) groups is 1. The summed E-state index contributed by atoms with van der Waals surface area (Å²) in [5.41, 5.74) is 2.50. The average Bonchev–Trinajstić information content (AvgIpc) is 3.11. The number of hydrogen-bond acceptors (Lipinski definition) is 3. The number of benzene rings is 1. The van der Waals surface area contributed by atoms with Crippen molar-refractivity contribution in [1.29, 1.82) is 0 Å². The third-order valence-electron chi connectivity index (χ3n) is 5.65. The van der Waals surface area contributed by atoms with Gasteiger partial charge in [-0.1, -0.05) is 75.2 Å². The lowest BCUT2D eigenvalue weighted by molar-refractivity contribution is 0.0957. The fraction of sp³-hybridized carbons (Fsp3) is 0.417. The van der Waals surface area contributed by atoms with Crippen LogP contribution in [0.3, 0.4) is 0 Å². The van der Waals surface area contributed by atoms with E-state index in [0.29, 0.717) is 15.7 Å². The predicted octanol–water partition coefficient (Wildman–Crippen LogP) is 6.73. The normalized spacial score (nSPS) is 19.7. The van der Waals surface area contributed by atoms with Crippen molar-refractivity contribution >= 4 is 29.3 Å².